The third kappa shape index (κ3) is 19.0. The van der Waals surface area contributed by atoms with E-state index in [4.69, 9.17) is 9.47 Å². The summed E-state index contributed by atoms with van der Waals surface area (Å²) in [5.74, 6) is -3.17. The van der Waals surface area contributed by atoms with E-state index in [1.165, 1.54) is 11.8 Å². The monoisotopic (exact) mass is 1020 g/mol. The molecule has 1 heterocycles. The van der Waals surface area contributed by atoms with Gasteiger partial charge in [-0.05, 0) is 59.7 Å². The van der Waals surface area contributed by atoms with Gasteiger partial charge in [0, 0.05) is 71.0 Å². The molecule has 0 bridgehead atoms. The molecule has 4 N–H and O–H groups in total. The molecule has 1 aromatic heterocycles. The Labute approximate surface area is 418 Å². The topological polar surface area (TPSA) is 168 Å². The number of thioether (sulfide) groups is 1. The van der Waals surface area contributed by atoms with E-state index in [1.807, 2.05) is 73.9 Å². The van der Waals surface area contributed by atoms with E-state index in [0.29, 0.717) is 36.9 Å². The summed E-state index contributed by atoms with van der Waals surface area (Å²) >= 11 is 1.22. The quantitative estimate of drug-likeness (QED) is 0.0353. The van der Waals surface area contributed by atoms with E-state index in [1.54, 1.807) is 29.3 Å². The largest absolute Gasteiger partial charge is 0.479 e. The first-order valence-electron chi connectivity index (χ1n) is 23.8. The van der Waals surface area contributed by atoms with Gasteiger partial charge in [-0.2, -0.15) is 11.8 Å². The molecule has 382 valence electrons. The smallest absolute Gasteiger partial charge is 0.407 e. The second-order valence-electron chi connectivity index (χ2n) is 21.2. The van der Waals surface area contributed by atoms with Crippen LogP contribution >= 0.6 is 11.8 Å². The van der Waals surface area contributed by atoms with E-state index in [9.17, 15) is 33.5 Å². The maximum absolute atomic E-state index is 15.4. The summed E-state index contributed by atoms with van der Waals surface area (Å²) in [5.41, 5.74) is 0.488. The minimum absolute atomic E-state index is 0.0152. The van der Waals surface area contributed by atoms with Gasteiger partial charge in [-0.15, -0.1) is 0 Å². The number of alkyl carbamates (subject to hydrolysis) is 2. The van der Waals surface area contributed by atoms with Crippen molar-refractivity contribution in [2.45, 2.75) is 116 Å². The minimum Gasteiger partial charge on any atom is -0.479 e. The van der Waals surface area contributed by atoms with Crippen molar-refractivity contribution in [3.63, 3.8) is 0 Å². The third-order valence-corrected chi connectivity index (χ3v) is 16.0. The molecule has 4 aromatic rings. The van der Waals surface area contributed by atoms with Crippen LogP contribution in [0.1, 0.15) is 62.9 Å². The standard InChI is InChI=1S/C52H73F2N5O8SSi2/c1-51(2,3)47(44-31-40(42-32-41(53)21-22-43(42)54)34-58(44)33-38-17-12-10-13-18-38)59(26-16-25-55-49(64)66-27-30-70(7,8)9)46(61)36-68-28-23-45(60)57-52(48(62)63,24-29-69(4,5)6)37-56-50(65)67-35-39-19-14-11-15-20-39/h10-15,17-22,31-32,34,47H,16,23-30,33,35-37H2,1-9H3,(H,55,64)(H,56,65)(H,57,60)(H,62,63)/t47-,52+/m0/s1. The Bertz CT molecular complexity index is 2360. The fourth-order valence-corrected chi connectivity index (χ4v) is 10.4. The molecule has 0 fully saturated rings. The van der Waals surface area contributed by atoms with Crippen molar-refractivity contribution in [2.75, 3.05) is 37.7 Å². The van der Waals surface area contributed by atoms with Crippen molar-refractivity contribution in [3.05, 3.63) is 120 Å². The van der Waals surface area contributed by atoms with Crippen molar-refractivity contribution in [3.8, 4) is 11.1 Å². The lowest BCUT2D eigenvalue weighted by molar-refractivity contribution is -0.147. The molecule has 2 atom stereocenters. The Morgan fingerprint density at radius 3 is 2.06 bits per heavy atom. The number of nitrogens with one attached hydrogen (secondary N) is 3. The zero-order valence-electron chi connectivity index (χ0n) is 42.3. The average molecular weight is 1020 g/mol. The number of amides is 4. The van der Waals surface area contributed by atoms with Gasteiger partial charge in [0.2, 0.25) is 11.8 Å². The number of aliphatic carboxylic acids is 1. The molecule has 0 aliphatic carbocycles. The summed E-state index contributed by atoms with van der Waals surface area (Å²) in [4.78, 5) is 68.5. The summed E-state index contributed by atoms with van der Waals surface area (Å²) in [7, 11) is -3.25. The maximum atomic E-state index is 15.4. The first kappa shape index (κ1) is 57.1. The number of carboxylic acids is 1. The van der Waals surface area contributed by atoms with Crippen LogP contribution in [0.3, 0.4) is 0 Å². The summed E-state index contributed by atoms with van der Waals surface area (Å²) in [6.07, 6.45) is 0.748. The molecule has 4 amide bonds. The highest BCUT2D eigenvalue weighted by Crippen LogP contribution is 2.41. The van der Waals surface area contributed by atoms with Crippen LogP contribution in [-0.4, -0.2) is 104 Å². The Hall–Kier alpha value is -5.47. The van der Waals surface area contributed by atoms with E-state index in [-0.39, 0.29) is 55.5 Å². The van der Waals surface area contributed by atoms with E-state index in [0.717, 1.165) is 35.4 Å². The van der Waals surface area contributed by atoms with Crippen molar-refractivity contribution in [2.24, 2.45) is 5.41 Å². The normalized spacial score (nSPS) is 13.1. The van der Waals surface area contributed by atoms with Gasteiger partial charge in [-0.1, -0.05) is 127 Å². The zero-order chi connectivity index (χ0) is 51.7. The Morgan fingerprint density at radius 1 is 0.814 bits per heavy atom. The number of hydrogen-bond donors (Lipinski definition) is 4. The number of hydrogen-bond acceptors (Lipinski definition) is 8. The van der Waals surface area contributed by atoms with E-state index < -0.39 is 75.4 Å². The van der Waals surface area contributed by atoms with Crippen LogP contribution < -0.4 is 16.0 Å². The minimum atomic E-state index is -1.82. The summed E-state index contributed by atoms with van der Waals surface area (Å²) in [6.45, 7) is 19.6. The highest BCUT2D eigenvalue weighted by molar-refractivity contribution is 7.99. The number of rotatable bonds is 26. The van der Waals surface area contributed by atoms with E-state index in [2.05, 4.69) is 55.2 Å². The average Bonchev–Trinajstić information content (AvgIpc) is 3.68. The molecule has 0 aliphatic rings. The van der Waals surface area contributed by atoms with Gasteiger partial charge in [-0.25, -0.2) is 23.2 Å². The fourth-order valence-electron chi connectivity index (χ4n) is 7.70. The van der Waals surface area contributed by atoms with Crippen molar-refractivity contribution in [1.82, 2.24) is 25.4 Å². The van der Waals surface area contributed by atoms with Gasteiger partial charge in [0.15, 0.2) is 5.54 Å². The lowest BCUT2D eigenvalue weighted by Gasteiger charge is -2.41. The van der Waals surface area contributed by atoms with Crippen LogP contribution in [0.4, 0.5) is 18.4 Å². The molecule has 3 aromatic carbocycles. The van der Waals surface area contributed by atoms with Crippen LogP contribution in [0.15, 0.2) is 91.1 Å². The van der Waals surface area contributed by atoms with Crippen LogP contribution in [-0.2, 0) is 37.0 Å². The van der Waals surface area contributed by atoms with Crippen molar-refractivity contribution in [1.29, 1.82) is 0 Å². The number of carbonyl (C=O) groups excluding carboxylic acids is 4. The zero-order valence-corrected chi connectivity index (χ0v) is 45.1. The Balaban J connectivity index is 1.57. The molecule has 0 aliphatic heterocycles. The van der Waals surface area contributed by atoms with Gasteiger partial charge < -0.3 is 40.0 Å². The van der Waals surface area contributed by atoms with Crippen LogP contribution in [0.2, 0.25) is 51.4 Å². The van der Waals surface area contributed by atoms with Crippen LogP contribution in [0.25, 0.3) is 11.1 Å². The van der Waals surface area contributed by atoms with Gasteiger partial charge in [0.1, 0.15) is 18.2 Å². The summed E-state index contributed by atoms with van der Waals surface area (Å²) in [5, 5.41) is 18.7. The number of halogens is 2. The second-order valence-corrected chi connectivity index (χ2v) is 33.5. The maximum Gasteiger partial charge on any atom is 0.407 e. The summed E-state index contributed by atoms with van der Waals surface area (Å²) < 4.78 is 42.7. The molecule has 18 heteroatoms. The highest BCUT2D eigenvalue weighted by atomic mass is 32.2. The van der Waals surface area contributed by atoms with Crippen molar-refractivity contribution < 1.29 is 47.3 Å². The molecule has 0 spiro atoms. The van der Waals surface area contributed by atoms with Gasteiger partial charge in [0.05, 0.1) is 24.9 Å². The first-order valence-corrected chi connectivity index (χ1v) is 32.4. The van der Waals surface area contributed by atoms with Crippen LogP contribution in [0, 0.1) is 17.0 Å². The highest BCUT2D eigenvalue weighted by Gasteiger charge is 2.42. The van der Waals surface area contributed by atoms with Crippen molar-refractivity contribution >= 4 is 57.9 Å². The molecule has 0 radical (unpaired) electrons. The lowest BCUT2D eigenvalue weighted by Crippen LogP contribution is -2.61. The molecule has 0 saturated heterocycles. The number of benzene rings is 3. The third-order valence-electron chi connectivity index (χ3n) is 11.6. The van der Waals surface area contributed by atoms with Gasteiger partial charge in [0.25, 0.3) is 0 Å². The van der Waals surface area contributed by atoms with E-state index >= 15 is 4.39 Å². The summed E-state index contributed by atoms with van der Waals surface area (Å²) in [6, 6.07) is 24.6. The number of carbonyl (C=O) groups is 5. The fraction of sp³-hybridized carbons (Fsp3) is 0.481. The molecule has 0 saturated carbocycles. The second kappa shape index (κ2) is 26.1. The lowest BCUT2D eigenvalue weighted by atomic mass is 9.83. The number of nitrogens with zero attached hydrogens (tertiary/aromatic N) is 2. The molecular formula is C52H73F2N5O8SSi2. The SMILES string of the molecule is CC(C)(C)[C@H](c1cc(-c2cc(F)ccc2F)cn1Cc1ccccc1)N(CCCNC(=O)OCC[Si](C)(C)C)C(=O)CSCCC(=O)N[C@](CC[Si](C)(C)C)(CNC(=O)OCc1ccccc1)C(=O)O. The molecule has 0 unspecified atom stereocenters. The molecule has 4 rings (SSSR count). The van der Waals surface area contributed by atoms with Gasteiger partial charge >= 0.3 is 18.2 Å². The number of ether oxygens (including phenoxy) is 2. The molecular weight excluding hydrogens is 949 g/mol. The molecule has 13 nitrogen and oxygen atoms in total. The first-order chi connectivity index (χ1) is 32.9. The Morgan fingerprint density at radius 2 is 1.44 bits per heavy atom. The van der Waals surface area contributed by atoms with Crippen LogP contribution in [0.5, 0.6) is 0 Å². The number of carboxylic acid groups (broad SMARTS) is 1. The predicted octanol–water partition coefficient (Wildman–Crippen LogP) is 10.6. The predicted molar refractivity (Wildman–Crippen MR) is 279 cm³/mol. The van der Waals surface area contributed by atoms with Gasteiger partial charge in [-0.3, -0.25) is 9.59 Å². The molecule has 70 heavy (non-hydrogen) atoms. The Kier molecular flexibility index (Phi) is 21.3. The number of aromatic nitrogens is 1.